The topological polar surface area (TPSA) is 117 Å². The Bertz CT molecular complexity index is 1200. The van der Waals surface area contributed by atoms with Crippen molar-refractivity contribution < 1.29 is 24.1 Å². The van der Waals surface area contributed by atoms with E-state index >= 15 is 0 Å². The van der Waals surface area contributed by atoms with E-state index in [1.807, 2.05) is 22.6 Å². The van der Waals surface area contributed by atoms with Gasteiger partial charge >= 0.3 is 5.69 Å². The van der Waals surface area contributed by atoms with Crippen molar-refractivity contribution in [3.63, 3.8) is 0 Å². The van der Waals surface area contributed by atoms with E-state index in [0.29, 0.717) is 14.9 Å². The summed E-state index contributed by atoms with van der Waals surface area (Å²) in [5.74, 6) is -1.14. The molecule has 0 aliphatic carbocycles. The minimum atomic E-state index is -1.14. The average molecular weight is 569 g/mol. The highest BCUT2D eigenvalue weighted by Gasteiger charge is 2.37. The summed E-state index contributed by atoms with van der Waals surface area (Å²) in [5.41, 5.74) is -0.864. The summed E-state index contributed by atoms with van der Waals surface area (Å²) in [6.45, 7) is 5.25. The van der Waals surface area contributed by atoms with Crippen LogP contribution in [0.25, 0.3) is 11.3 Å². The fourth-order valence-corrected chi connectivity index (χ4v) is 3.90. The Morgan fingerprint density at radius 1 is 1.24 bits per heavy atom. The molecule has 0 unspecified atom stereocenters. The molecular formula is C23H25FIN3O5. The molecule has 0 radical (unpaired) electrons. The van der Waals surface area contributed by atoms with Crippen LogP contribution in [0.4, 0.5) is 10.1 Å². The number of carbonyl (C=O) groups is 1. The first kappa shape index (κ1) is 24.8. The molecule has 0 saturated heterocycles. The number of amides is 1. The number of aromatic amines is 1. The van der Waals surface area contributed by atoms with Gasteiger partial charge in [-0.1, -0.05) is 20.8 Å². The van der Waals surface area contributed by atoms with Crippen molar-refractivity contribution in [2.45, 2.75) is 26.8 Å². The molecule has 0 aliphatic rings. The smallest absolute Gasteiger partial charge is 0.329 e. The highest BCUT2D eigenvalue weighted by Crippen LogP contribution is 2.37. The van der Waals surface area contributed by atoms with Gasteiger partial charge < -0.3 is 25.3 Å². The van der Waals surface area contributed by atoms with Crippen LogP contribution in [-0.2, 0) is 4.79 Å². The Morgan fingerprint density at radius 3 is 2.48 bits per heavy atom. The van der Waals surface area contributed by atoms with E-state index in [2.05, 4.69) is 10.3 Å². The summed E-state index contributed by atoms with van der Waals surface area (Å²) < 4.78 is 21.3. The molecule has 0 spiro atoms. The number of H-pyrrole nitrogens is 1. The maximum atomic E-state index is 14.3. The first-order valence-corrected chi connectivity index (χ1v) is 11.2. The molecule has 2 aromatic carbocycles. The summed E-state index contributed by atoms with van der Waals surface area (Å²) in [5, 5.41) is 22.3. The number of hydrogen-bond donors (Lipinski definition) is 4. The number of ether oxygens (including phenoxy) is 1. The number of anilines is 1. The van der Waals surface area contributed by atoms with Crippen LogP contribution >= 0.6 is 22.6 Å². The number of benzene rings is 2. The Balaban J connectivity index is 1.98. The van der Waals surface area contributed by atoms with Gasteiger partial charge in [-0.15, -0.1) is 0 Å². The van der Waals surface area contributed by atoms with Gasteiger partial charge in [0.1, 0.15) is 29.9 Å². The Labute approximate surface area is 203 Å². The van der Waals surface area contributed by atoms with Gasteiger partial charge in [0.25, 0.3) is 0 Å². The normalized spacial score (nSPS) is 12.4. The zero-order valence-corrected chi connectivity index (χ0v) is 20.5. The third kappa shape index (κ3) is 5.56. The standard InChI is InChI=1S/C23H25FIN3O5/c1-23(2,3)19(20(30)26-17-9-6-14(25)12-16(17)24)28-21(31)18(27-22(28)32)13-4-7-15(8-5-13)33-11-10-29/h4-9,12,19,29,31H,10-11H2,1-3H3,(H,26,30)(H,27,32)/t19-/m1/s1. The molecule has 0 bridgehead atoms. The maximum absolute atomic E-state index is 14.3. The number of imidazole rings is 1. The highest BCUT2D eigenvalue weighted by molar-refractivity contribution is 14.1. The number of hydrogen-bond acceptors (Lipinski definition) is 5. The molecule has 0 saturated carbocycles. The molecule has 4 N–H and O–H groups in total. The molecule has 1 aromatic heterocycles. The van der Waals surface area contributed by atoms with Crippen molar-refractivity contribution in [1.29, 1.82) is 0 Å². The van der Waals surface area contributed by atoms with E-state index in [-0.39, 0.29) is 24.6 Å². The molecule has 176 valence electrons. The van der Waals surface area contributed by atoms with Gasteiger partial charge in [0.15, 0.2) is 0 Å². The van der Waals surface area contributed by atoms with Gasteiger partial charge in [-0.2, -0.15) is 0 Å². The minimum absolute atomic E-state index is 0.0172. The minimum Gasteiger partial charge on any atom is -0.493 e. The number of aromatic nitrogens is 2. The van der Waals surface area contributed by atoms with E-state index in [1.54, 1.807) is 51.1 Å². The van der Waals surface area contributed by atoms with Gasteiger partial charge in [0.05, 0.1) is 12.3 Å². The molecule has 0 fully saturated rings. The van der Waals surface area contributed by atoms with E-state index < -0.39 is 34.8 Å². The van der Waals surface area contributed by atoms with Crippen LogP contribution < -0.4 is 15.7 Å². The molecular weight excluding hydrogens is 544 g/mol. The number of aliphatic hydroxyl groups is 1. The number of nitrogens with zero attached hydrogens (tertiary/aromatic N) is 1. The number of halogens is 2. The van der Waals surface area contributed by atoms with Crippen LogP contribution in [0, 0.1) is 14.8 Å². The van der Waals surface area contributed by atoms with Crippen LogP contribution in [0.2, 0.25) is 0 Å². The molecule has 8 nitrogen and oxygen atoms in total. The lowest BCUT2D eigenvalue weighted by molar-refractivity contribution is -0.122. The van der Waals surface area contributed by atoms with E-state index in [9.17, 15) is 19.1 Å². The predicted octanol–water partition coefficient (Wildman–Crippen LogP) is 3.89. The van der Waals surface area contributed by atoms with Gasteiger partial charge in [-0.05, 0) is 70.5 Å². The van der Waals surface area contributed by atoms with Gasteiger partial charge in [0.2, 0.25) is 11.8 Å². The predicted molar refractivity (Wildman–Crippen MR) is 131 cm³/mol. The van der Waals surface area contributed by atoms with E-state index in [4.69, 9.17) is 9.84 Å². The first-order valence-electron chi connectivity index (χ1n) is 10.2. The monoisotopic (exact) mass is 569 g/mol. The quantitative estimate of drug-likeness (QED) is 0.323. The molecule has 1 amide bonds. The molecule has 3 aromatic rings. The Morgan fingerprint density at radius 2 is 1.91 bits per heavy atom. The van der Waals surface area contributed by atoms with Crippen molar-refractivity contribution in [2.24, 2.45) is 5.41 Å². The third-order valence-electron chi connectivity index (χ3n) is 4.92. The fraction of sp³-hybridized carbons (Fsp3) is 0.304. The molecule has 1 atom stereocenters. The van der Waals surface area contributed by atoms with E-state index in [0.717, 1.165) is 4.57 Å². The van der Waals surface area contributed by atoms with Crippen LogP contribution in [0.3, 0.4) is 0 Å². The summed E-state index contributed by atoms with van der Waals surface area (Å²) in [6, 6.07) is 9.78. The fourth-order valence-electron chi connectivity index (χ4n) is 3.45. The van der Waals surface area contributed by atoms with Crippen LogP contribution in [0.15, 0.2) is 47.3 Å². The van der Waals surface area contributed by atoms with Crippen LogP contribution in [0.1, 0.15) is 26.8 Å². The number of carbonyl (C=O) groups excluding carboxylic acids is 1. The largest absolute Gasteiger partial charge is 0.493 e. The summed E-state index contributed by atoms with van der Waals surface area (Å²) in [7, 11) is 0. The van der Waals surface area contributed by atoms with Crippen molar-refractivity contribution in [2.75, 3.05) is 18.5 Å². The molecule has 3 rings (SSSR count). The van der Waals surface area contributed by atoms with Gasteiger partial charge in [-0.25, -0.2) is 13.8 Å². The number of nitrogens with one attached hydrogen (secondary N) is 2. The van der Waals surface area contributed by atoms with Crippen molar-refractivity contribution in [1.82, 2.24) is 9.55 Å². The van der Waals surface area contributed by atoms with Crippen molar-refractivity contribution in [3.8, 4) is 22.9 Å². The van der Waals surface area contributed by atoms with Crippen molar-refractivity contribution in [3.05, 3.63) is 62.3 Å². The molecule has 0 aliphatic heterocycles. The van der Waals surface area contributed by atoms with Gasteiger partial charge in [-0.3, -0.25) is 4.79 Å². The third-order valence-corrected chi connectivity index (χ3v) is 5.59. The second-order valence-electron chi connectivity index (χ2n) is 8.48. The second-order valence-corrected chi connectivity index (χ2v) is 9.72. The number of rotatable bonds is 7. The Kier molecular flexibility index (Phi) is 7.48. The summed E-state index contributed by atoms with van der Waals surface area (Å²) in [4.78, 5) is 28.6. The number of aromatic hydroxyl groups is 1. The zero-order valence-electron chi connectivity index (χ0n) is 18.4. The lowest BCUT2D eigenvalue weighted by atomic mass is 9.85. The molecule has 1 heterocycles. The summed E-state index contributed by atoms with van der Waals surface area (Å²) in [6.07, 6.45) is 0. The lowest BCUT2D eigenvalue weighted by Gasteiger charge is -2.30. The maximum Gasteiger partial charge on any atom is 0.329 e. The SMILES string of the molecule is CC(C)(C)[C@@H](C(=O)Nc1ccc(I)cc1F)n1c(O)c(-c2ccc(OCCO)cc2)[nH]c1=O. The average Bonchev–Trinajstić information content (AvgIpc) is 3.02. The van der Waals surface area contributed by atoms with Crippen LogP contribution in [0.5, 0.6) is 11.6 Å². The lowest BCUT2D eigenvalue weighted by Crippen LogP contribution is -2.39. The summed E-state index contributed by atoms with van der Waals surface area (Å²) >= 11 is 1.96. The van der Waals surface area contributed by atoms with Gasteiger partial charge in [0, 0.05) is 9.13 Å². The Hall–Kier alpha value is -2.86. The first-order chi connectivity index (χ1) is 15.5. The molecule has 33 heavy (non-hydrogen) atoms. The zero-order chi connectivity index (χ0) is 24.3. The highest BCUT2D eigenvalue weighted by atomic mass is 127. The van der Waals surface area contributed by atoms with Crippen molar-refractivity contribution >= 4 is 34.2 Å². The molecule has 10 heteroatoms. The number of aliphatic hydroxyl groups excluding tert-OH is 1. The second kappa shape index (κ2) is 9.96. The van der Waals surface area contributed by atoms with E-state index in [1.165, 1.54) is 12.1 Å². The van der Waals surface area contributed by atoms with Crippen LogP contribution in [-0.4, -0.2) is 38.9 Å².